The van der Waals surface area contributed by atoms with Crippen molar-refractivity contribution in [2.75, 3.05) is 0 Å². The van der Waals surface area contributed by atoms with Crippen molar-refractivity contribution in [1.29, 1.82) is 0 Å². The second-order valence-electron chi connectivity index (χ2n) is 4.91. The number of aromatic nitrogens is 1. The number of fused-ring (bicyclic) bond motifs is 1. The number of aldehydes is 1. The molecule has 0 amide bonds. The van der Waals surface area contributed by atoms with E-state index < -0.39 is 0 Å². The van der Waals surface area contributed by atoms with E-state index in [4.69, 9.17) is 0 Å². The second-order valence-corrected chi connectivity index (χ2v) is 4.91. The van der Waals surface area contributed by atoms with Gasteiger partial charge in [0.25, 0.3) is 0 Å². The first-order valence-corrected chi connectivity index (χ1v) is 6.45. The van der Waals surface area contributed by atoms with Crippen molar-refractivity contribution < 1.29 is 4.79 Å². The number of nitrogens with zero attached hydrogens (tertiary/aromatic N) is 1. The third-order valence-electron chi connectivity index (χ3n) is 3.89. The molecular formula is C15H17NO. The lowest BCUT2D eigenvalue weighted by Gasteiger charge is -2.24. The van der Waals surface area contributed by atoms with Crippen LogP contribution >= 0.6 is 0 Å². The molecule has 1 saturated carbocycles. The van der Waals surface area contributed by atoms with Crippen LogP contribution in [0.2, 0.25) is 0 Å². The lowest BCUT2D eigenvalue weighted by atomic mass is 9.95. The van der Waals surface area contributed by atoms with Crippen LogP contribution < -0.4 is 0 Å². The minimum atomic E-state index is 0.628. The van der Waals surface area contributed by atoms with E-state index >= 15 is 0 Å². The smallest absolute Gasteiger partial charge is 0.150 e. The minimum absolute atomic E-state index is 0.628. The van der Waals surface area contributed by atoms with Gasteiger partial charge in [-0.15, -0.1) is 0 Å². The van der Waals surface area contributed by atoms with Crippen LogP contribution in [0.4, 0.5) is 0 Å². The van der Waals surface area contributed by atoms with Gasteiger partial charge >= 0.3 is 0 Å². The van der Waals surface area contributed by atoms with E-state index in [0.717, 1.165) is 17.2 Å². The molecule has 2 heteroatoms. The van der Waals surface area contributed by atoms with Gasteiger partial charge in [-0.25, -0.2) is 0 Å². The summed E-state index contributed by atoms with van der Waals surface area (Å²) in [6.07, 6.45) is 9.68. The lowest BCUT2D eigenvalue weighted by Crippen LogP contribution is -2.11. The van der Waals surface area contributed by atoms with Crippen molar-refractivity contribution in [3.63, 3.8) is 0 Å². The van der Waals surface area contributed by atoms with Gasteiger partial charge in [-0.1, -0.05) is 31.4 Å². The van der Waals surface area contributed by atoms with E-state index in [1.54, 1.807) is 0 Å². The van der Waals surface area contributed by atoms with Crippen LogP contribution in [0.25, 0.3) is 10.9 Å². The molecule has 3 rings (SSSR count). The third-order valence-corrected chi connectivity index (χ3v) is 3.89. The summed E-state index contributed by atoms with van der Waals surface area (Å²) in [5.41, 5.74) is 2.01. The predicted octanol–water partition coefficient (Wildman–Crippen LogP) is 3.96. The molecule has 17 heavy (non-hydrogen) atoms. The average molecular weight is 227 g/mol. The first-order valence-electron chi connectivity index (χ1n) is 6.45. The fraction of sp³-hybridized carbons (Fsp3) is 0.400. The van der Waals surface area contributed by atoms with E-state index in [1.165, 1.54) is 37.6 Å². The molecule has 0 bridgehead atoms. The van der Waals surface area contributed by atoms with Gasteiger partial charge in [-0.2, -0.15) is 0 Å². The van der Waals surface area contributed by atoms with Gasteiger partial charge in [0.1, 0.15) is 0 Å². The highest BCUT2D eigenvalue weighted by Gasteiger charge is 2.16. The quantitative estimate of drug-likeness (QED) is 0.712. The molecule has 0 saturated heterocycles. The Hall–Kier alpha value is -1.57. The van der Waals surface area contributed by atoms with E-state index in [2.05, 4.69) is 22.9 Å². The van der Waals surface area contributed by atoms with Gasteiger partial charge in [0, 0.05) is 28.7 Å². The van der Waals surface area contributed by atoms with Gasteiger partial charge in [0.15, 0.2) is 6.29 Å². The maximum atomic E-state index is 11.0. The van der Waals surface area contributed by atoms with Crippen molar-refractivity contribution in [3.8, 4) is 0 Å². The normalized spacial score (nSPS) is 17.4. The summed E-state index contributed by atoms with van der Waals surface area (Å²) in [5, 5.41) is 1.09. The second kappa shape index (κ2) is 4.36. The first kappa shape index (κ1) is 10.6. The van der Waals surface area contributed by atoms with Crippen LogP contribution in [0.1, 0.15) is 48.5 Å². The molecule has 1 aromatic heterocycles. The minimum Gasteiger partial charge on any atom is -0.344 e. The fourth-order valence-electron chi connectivity index (χ4n) is 2.99. The van der Waals surface area contributed by atoms with Crippen molar-refractivity contribution in [3.05, 3.63) is 36.0 Å². The Morgan fingerprint density at radius 2 is 1.94 bits per heavy atom. The molecule has 1 heterocycles. The van der Waals surface area contributed by atoms with E-state index in [-0.39, 0.29) is 0 Å². The zero-order valence-electron chi connectivity index (χ0n) is 9.93. The molecule has 0 unspecified atom stereocenters. The molecule has 2 nitrogen and oxygen atoms in total. The topological polar surface area (TPSA) is 22.0 Å². The van der Waals surface area contributed by atoms with Gasteiger partial charge in [-0.05, 0) is 25.0 Å². The van der Waals surface area contributed by atoms with Gasteiger partial charge in [0.05, 0.1) is 0 Å². The molecule has 1 aromatic carbocycles. The Labute approximate surface area is 101 Å². The predicted molar refractivity (Wildman–Crippen MR) is 69.4 cm³/mol. The van der Waals surface area contributed by atoms with Gasteiger partial charge < -0.3 is 4.57 Å². The number of benzene rings is 1. The molecular weight excluding hydrogens is 210 g/mol. The van der Waals surface area contributed by atoms with Crippen LogP contribution in [0.3, 0.4) is 0 Å². The van der Waals surface area contributed by atoms with Crippen LogP contribution in [0.15, 0.2) is 30.5 Å². The number of hydrogen-bond donors (Lipinski definition) is 0. The summed E-state index contributed by atoms with van der Waals surface area (Å²) in [6, 6.07) is 8.69. The molecule has 0 aliphatic heterocycles. The molecule has 1 aliphatic carbocycles. The molecule has 1 fully saturated rings. The van der Waals surface area contributed by atoms with Crippen LogP contribution in [0, 0.1) is 0 Å². The number of rotatable bonds is 2. The molecule has 0 spiro atoms. The SMILES string of the molecule is O=Cc1cccc2c1ccn2C1CCCCC1. The van der Waals surface area contributed by atoms with Crippen molar-refractivity contribution in [2.45, 2.75) is 38.1 Å². The van der Waals surface area contributed by atoms with E-state index in [1.807, 2.05) is 12.1 Å². The highest BCUT2D eigenvalue weighted by molar-refractivity contribution is 5.97. The first-order chi connectivity index (χ1) is 8.40. The Morgan fingerprint density at radius 1 is 1.12 bits per heavy atom. The molecule has 1 aliphatic rings. The van der Waals surface area contributed by atoms with E-state index in [9.17, 15) is 4.79 Å². The highest BCUT2D eigenvalue weighted by Crippen LogP contribution is 2.32. The summed E-state index contributed by atoms with van der Waals surface area (Å²) in [7, 11) is 0. The lowest BCUT2D eigenvalue weighted by molar-refractivity contribution is 0.112. The summed E-state index contributed by atoms with van der Waals surface area (Å²) in [5.74, 6) is 0. The van der Waals surface area contributed by atoms with Crippen molar-refractivity contribution >= 4 is 17.2 Å². The number of carbonyl (C=O) groups is 1. The molecule has 0 radical (unpaired) electrons. The molecule has 2 aromatic rings. The summed E-state index contributed by atoms with van der Waals surface area (Å²) in [6.45, 7) is 0. The average Bonchev–Trinajstić information content (AvgIpc) is 2.83. The largest absolute Gasteiger partial charge is 0.344 e. The Bertz CT molecular complexity index is 535. The Morgan fingerprint density at radius 3 is 2.71 bits per heavy atom. The van der Waals surface area contributed by atoms with Crippen LogP contribution in [0.5, 0.6) is 0 Å². The summed E-state index contributed by atoms with van der Waals surface area (Å²) < 4.78 is 2.36. The number of hydrogen-bond acceptors (Lipinski definition) is 1. The molecule has 0 atom stereocenters. The Balaban J connectivity index is 2.08. The standard InChI is InChI=1S/C15H17NO/c17-11-12-5-4-8-15-14(12)9-10-16(15)13-6-2-1-3-7-13/h4-5,8-11,13H,1-3,6-7H2. The van der Waals surface area contributed by atoms with Crippen LogP contribution in [-0.4, -0.2) is 10.9 Å². The summed E-state index contributed by atoms with van der Waals surface area (Å²) >= 11 is 0. The Kier molecular flexibility index (Phi) is 2.71. The van der Waals surface area contributed by atoms with Crippen molar-refractivity contribution in [2.24, 2.45) is 0 Å². The zero-order chi connectivity index (χ0) is 11.7. The maximum absolute atomic E-state index is 11.0. The zero-order valence-corrected chi connectivity index (χ0v) is 9.93. The van der Waals surface area contributed by atoms with Crippen molar-refractivity contribution in [1.82, 2.24) is 4.57 Å². The molecule has 0 N–H and O–H groups in total. The third kappa shape index (κ3) is 1.78. The van der Waals surface area contributed by atoms with Gasteiger partial charge in [-0.3, -0.25) is 4.79 Å². The number of carbonyl (C=O) groups excluding carboxylic acids is 1. The molecule has 88 valence electrons. The van der Waals surface area contributed by atoms with Crippen LogP contribution in [-0.2, 0) is 0 Å². The van der Waals surface area contributed by atoms with E-state index in [0.29, 0.717) is 6.04 Å². The maximum Gasteiger partial charge on any atom is 0.150 e. The highest BCUT2D eigenvalue weighted by atomic mass is 16.1. The summed E-state index contributed by atoms with van der Waals surface area (Å²) in [4.78, 5) is 11.0. The fourth-order valence-corrected chi connectivity index (χ4v) is 2.99. The van der Waals surface area contributed by atoms with Gasteiger partial charge in [0.2, 0.25) is 0 Å². The monoisotopic (exact) mass is 227 g/mol.